The molecular formula is C13H19N5O. The molecule has 0 saturated carbocycles. The molecule has 2 heterocycles. The van der Waals surface area contributed by atoms with E-state index < -0.39 is 0 Å². The third-order valence-corrected chi connectivity index (χ3v) is 2.76. The molecule has 0 amide bonds. The normalized spacial score (nSPS) is 12.3. The first-order valence-corrected chi connectivity index (χ1v) is 6.49. The van der Waals surface area contributed by atoms with Gasteiger partial charge in [-0.3, -0.25) is 4.98 Å². The Hall–Kier alpha value is -1.95. The van der Waals surface area contributed by atoms with E-state index in [4.69, 9.17) is 4.42 Å². The van der Waals surface area contributed by atoms with Crippen LogP contribution in [-0.2, 0) is 6.42 Å². The first-order chi connectivity index (χ1) is 9.29. The molecule has 2 N–H and O–H groups in total. The zero-order valence-electron chi connectivity index (χ0n) is 11.3. The maximum absolute atomic E-state index is 5.53. The Bertz CT molecular complexity index is 485. The van der Waals surface area contributed by atoms with Crippen LogP contribution in [0.2, 0.25) is 0 Å². The summed E-state index contributed by atoms with van der Waals surface area (Å²) in [6.45, 7) is 5.66. The quantitative estimate of drug-likeness (QED) is 0.791. The number of pyridine rings is 1. The molecule has 0 fully saturated rings. The van der Waals surface area contributed by atoms with E-state index in [0.29, 0.717) is 11.9 Å². The Morgan fingerprint density at radius 2 is 2.05 bits per heavy atom. The van der Waals surface area contributed by atoms with Crippen LogP contribution < -0.4 is 10.6 Å². The van der Waals surface area contributed by atoms with E-state index in [0.717, 1.165) is 19.5 Å². The van der Waals surface area contributed by atoms with Gasteiger partial charge in [-0.1, -0.05) is 12.0 Å². The molecule has 1 unspecified atom stereocenters. The Kier molecular flexibility index (Phi) is 4.85. The molecule has 0 bridgehead atoms. The highest BCUT2D eigenvalue weighted by Crippen LogP contribution is 2.13. The fourth-order valence-electron chi connectivity index (χ4n) is 1.74. The largest absolute Gasteiger partial charge is 0.406 e. The van der Waals surface area contributed by atoms with Crippen LogP contribution in [0.15, 0.2) is 28.9 Å². The predicted molar refractivity (Wildman–Crippen MR) is 72.8 cm³/mol. The predicted octanol–water partition coefficient (Wildman–Crippen LogP) is 1.79. The molecule has 2 aromatic heterocycles. The van der Waals surface area contributed by atoms with Gasteiger partial charge >= 0.3 is 6.01 Å². The maximum Gasteiger partial charge on any atom is 0.315 e. The summed E-state index contributed by atoms with van der Waals surface area (Å²) in [6, 6.07) is 4.53. The van der Waals surface area contributed by atoms with Gasteiger partial charge in [0.25, 0.3) is 0 Å². The minimum Gasteiger partial charge on any atom is -0.406 e. The van der Waals surface area contributed by atoms with Crippen molar-refractivity contribution < 1.29 is 4.42 Å². The molecule has 2 rings (SSSR count). The second kappa shape index (κ2) is 6.84. The summed E-state index contributed by atoms with van der Waals surface area (Å²) in [6.07, 6.45) is 4.47. The van der Waals surface area contributed by atoms with Gasteiger partial charge < -0.3 is 15.1 Å². The summed E-state index contributed by atoms with van der Waals surface area (Å²) in [7, 11) is 0. The molecule has 6 nitrogen and oxygen atoms in total. The summed E-state index contributed by atoms with van der Waals surface area (Å²) >= 11 is 0. The lowest BCUT2D eigenvalue weighted by atomic mass is 10.2. The number of aromatic nitrogens is 3. The molecule has 102 valence electrons. The lowest BCUT2D eigenvalue weighted by Gasteiger charge is -2.06. The monoisotopic (exact) mass is 261 g/mol. The van der Waals surface area contributed by atoms with E-state index in [1.807, 2.05) is 26.0 Å². The molecule has 0 aliphatic rings. The van der Waals surface area contributed by atoms with E-state index in [2.05, 4.69) is 25.8 Å². The van der Waals surface area contributed by atoms with E-state index in [9.17, 15) is 0 Å². The first kappa shape index (κ1) is 13.5. The fourth-order valence-corrected chi connectivity index (χ4v) is 1.74. The van der Waals surface area contributed by atoms with Crippen LogP contribution in [0, 0.1) is 0 Å². The van der Waals surface area contributed by atoms with Crippen molar-refractivity contribution >= 4 is 6.01 Å². The van der Waals surface area contributed by atoms with Crippen LogP contribution in [-0.4, -0.2) is 28.3 Å². The van der Waals surface area contributed by atoms with Crippen LogP contribution >= 0.6 is 0 Å². The Labute approximate surface area is 112 Å². The van der Waals surface area contributed by atoms with Gasteiger partial charge in [0.05, 0.1) is 6.04 Å². The van der Waals surface area contributed by atoms with E-state index >= 15 is 0 Å². The second-order valence-electron chi connectivity index (χ2n) is 4.26. The van der Waals surface area contributed by atoms with Gasteiger partial charge in [0.1, 0.15) is 0 Å². The Morgan fingerprint density at radius 1 is 1.26 bits per heavy atom. The number of nitrogens with zero attached hydrogens (tertiary/aromatic N) is 3. The van der Waals surface area contributed by atoms with Crippen LogP contribution in [0.25, 0.3) is 0 Å². The van der Waals surface area contributed by atoms with Gasteiger partial charge in [-0.2, -0.15) is 0 Å². The third kappa shape index (κ3) is 4.03. The smallest absolute Gasteiger partial charge is 0.315 e. The van der Waals surface area contributed by atoms with Crippen LogP contribution in [0.4, 0.5) is 6.01 Å². The number of hydrogen-bond acceptors (Lipinski definition) is 6. The zero-order chi connectivity index (χ0) is 13.5. The lowest BCUT2D eigenvalue weighted by Crippen LogP contribution is -2.17. The van der Waals surface area contributed by atoms with Gasteiger partial charge in [0, 0.05) is 18.9 Å². The van der Waals surface area contributed by atoms with Crippen LogP contribution in [0.3, 0.4) is 0 Å². The molecule has 6 heteroatoms. The third-order valence-electron chi connectivity index (χ3n) is 2.76. The summed E-state index contributed by atoms with van der Waals surface area (Å²) in [5, 5.41) is 14.3. The molecular weight excluding hydrogens is 242 g/mol. The van der Waals surface area contributed by atoms with Crippen molar-refractivity contribution in [2.45, 2.75) is 26.3 Å². The highest BCUT2D eigenvalue weighted by atomic mass is 16.4. The molecule has 2 aromatic rings. The highest BCUT2D eigenvalue weighted by Gasteiger charge is 2.12. The van der Waals surface area contributed by atoms with Gasteiger partial charge in [0.2, 0.25) is 5.89 Å². The number of hydrogen-bond donors (Lipinski definition) is 2. The average Bonchev–Trinajstić information content (AvgIpc) is 2.89. The number of rotatable bonds is 7. The van der Waals surface area contributed by atoms with Gasteiger partial charge in [-0.15, -0.1) is 5.10 Å². The molecule has 0 radical (unpaired) electrons. The standard InChI is InChI=1S/C13H19N5O/c1-3-15-10(2)12-17-18-13(19-12)16-9-6-11-4-7-14-8-5-11/h4-5,7-8,10,15H,3,6,9H2,1-2H3,(H,16,18). The zero-order valence-corrected chi connectivity index (χ0v) is 11.3. The van der Waals surface area contributed by atoms with Crippen molar-refractivity contribution in [3.05, 3.63) is 36.0 Å². The Morgan fingerprint density at radius 3 is 2.79 bits per heavy atom. The number of anilines is 1. The lowest BCUT2D eigenvalue weighted by molar-refractivity contribution is 0.429. The average molecular weight is 261 g/mol. The summed E-state index contributed by atoms with van der Waals surface area (Å²) < 4.78 is 5.53. The van der Waals surface area contributed by atoms with Crippen molar-refractivity contribution in [2.75, 3.05) is 18.4 Å². The van der Waals surface area contributed by atoms with E-state index in [1.165, 1.54) is 5.56 Å². The van der Waals surface area contributed by atoms with Crippen LogP contribution in [0.1, 0.15) is 31.3 Å². The maximum atomic E-state index is 5.53. The first-order valence-electron chi connectivity index (χ1n) is 6.49. The highest BCUT2D eigenvalue weighted by molar-refractivity contribution is 5.19. The second-order valence-corrected chi connectivity index (χ2v) is 4.26. The van der Waals surface area contributed by atoms with Crippen molar-refractivity contribution in [3.8, 4) is 0 Å². The van der Waals surface area contributed by atoms with E-state index in [1.54, 1.807) is 12.4 Å². The SMILES string of the molecule is CCNC(C)c1nnc(NCCc2ccncc2)o1. The van der Waals surface area contributed by atoms with Crippen molar-refractivity contribution in [1.29, 1.82) is 0 Å². The van der Waals surface area contributed by atoms with Crippen molar-refractivity contribution in [1.82, 2.24) is 20.5 Å². The van der Waals surface area contributed by atoms with E-state index in [-0.39, 0.29) is 6.04 Å². The molecule has 0 aliphatic heterocycles. The summed E-state index contributed by atoms with van der Waals surface area (Å²) in [5.41, 5.74) is 1.23. The minimum atomic E-state index is 0.0771. The summed E-state index contributed by atoms with van der Waals surface area (Å²) in [5.74, 6) is 0.605. The Balaban J connectivity index is 1.80. The molecule has 19 heavy (non-hydrogen) atoms. The fraction of sp³-hybridized carbons (Fsp3) is 0.462. The molecule has 0 saturated heterocycles. The van der Waals surface area contributed by atoms with Gasteiger partial charge in [0.15, 0.2) is 0 Å². The van der Waals surface area contributed by atoms with Crippen molar-refractivity contribution in [3.63, 3.8) is 0 Å². The van der Waals surface area contributed by atoms with Crippen LogP contribution in [0.5, 0.6) is 0 Å². The molecule has 0 aliphatic carbocycles. The molecule has 0 spiro atoms. The topological polar surface area (TPSA) is 75.9 Å². The summed E-state index contributed by atoms with van der Waals surface area (Å²) in [4.78, 5) is 3.98. The van der Waals surface area contributed by atoms with Gasteiger partial charge in [-0.25, -0.2) is 0 Å². The molecule has 1 atom stereocenters. The molecule has 0 aromatic carbocycles. The van der Waals surface area contributed by atoms with Crippen molar-refractivity contribution in [2.24, 2.45) is 0 Å². The van der Waals surface area contributed by atoms with Gasteiger partial charge in [-0.05, 0) is 37.6 Å². The number of nitrogens with one attached hydrogen (secondary N) is 2. The minimum absolute atomic E-state index is 0.0771.